The third-order valence-electron chi connectivity index (χ3n) is 4.21. The van der Waals surface area contributed by atoms with Crippen LogP contribution < -0.4 is 0 Å². The minimum atomic E-state index is -5.08. The molecule has 0 saturated carbocycles. The Morgan fingerprint density at radius 1 is 1.34 bits per heavy atom. The molecule has 8 nitrogen and oxygen atoms in total. The van der Waals surface area contributed by atoms with Crippen LogP contribution in [0.5, 0.6) is 0 Å². The van der Waals surface area contributed by atoms with Gasteiger partial charge < -0.3 is 19.4 Å². The Hall–Kier alpha value is -2.92. The molecule has 1 aliphatic rings. The summed E-state index contributed by atoms with van der Waals surface area (Å²) >= 11 is 0. The predicted octanol–water partition coefficient (Wildman–Crippen LogP) is 2.68. The molecule has 29 heavy (non-hydrogen) atoms. The van der Waals surface area contributed by atoms with Crippen molar-refractivity contribution in [2.24, 2.45) is 0 Å². The van der Waals surface area contributed by atoms with Crippen LogP contribution in [0.1, 0.15) is 21.5 Å². The number of halogens is 3. The first-order chi connectivity index (χ1) is 13.6. The number of carboxylic acids is 2. The molecule has 0 radical (unpaired) electrons. The molecule has 0 fully saturated rings. The number of aliphatic carboxylic acids is 1. The summed E-state index contributed by atoms with van der Waals surface area (Å²) in [5.74, 6) is -3.70. The van der Waals surface area contributed by atoms with Crippen molar-refractivity contribution < 1.29 is 42.1 Å². The minimum absolute atomic E-state index is 0.297. The van der Waals surface area contributed by atoms with Gasteiger partial charge in [-0.1, -0.05) is 0 Å². The van der Waals surface area contributed by atoms with Gasteiger partial charge in [0.1, 0.15) is 0 Å². The lowest BCUT2D eigenvalue weighted by Crippen LogP contribution is -2.34. The van der Waals surface area contributed by atoms with Crippen molar-refractivity contribution >= 4 is 11.9 Å². The van der Waals surface area contributed by atoms with E-state index in [9.17, 15) is 23.1 Å². The average Bonchev–Trinajstić information content (AvgIpc) is 3.19. The van der Waals surface area contributed by atoms with Gasteiger partial charge in [-0.15, -0.1) is 0 Å². The van der Waals surface area contributed by atoms with E-state index in [4.69, 9.17) is 19.1 Å². The number of alkyl halides is 3. The summed E-state index contributed by atoms with van der Waals surface area (Å²) in [6.45, 7) is 3.03. The molecular formula is C18H19F3N2O6. The lowest BCUT2D eigenvalue weighted by Gasteiger charge is -2.29. The standard InChI is InChI=1S/C16H18N2O4.C2HF3O2/c1-21-7-5-18-4-2-13-12(9-18)8-17-15(14(13)16(19)20)11-3-6-22-10-11;3-2(4,5)1(6)7/h3,6,8,10H,2,4-5,7,9H2,1H3,(H,19,20);(H,6,7). The van der Waals surface area contributed by atoms with E-state index in [-0.39, 0.29) is 0 Å². The Labute approximate surface area is 163 Å². The second kappa shape index (κ2) is 9.52. The predicted molar refractivity (Wildman–Crippen MR) is 93.4 cm³/mol. The first kappa shape index (κ1) is 22.4. The zero-order valence-electron chi connectivity index (χ0n) is 15.4. The molecule has 2 N–H and O–H groups in total. The number of nitrogens with zero attached hydrogens (tertiary/aromatic N) is 2. The highest BCUT2D eigenvalue weighted by Gasteiger charge is 2.38. The molecule has 2 aromatic heterocycles. The van der Waals surface area contributed by atoms with Crippen LogP contribution in [-0.2, 0) is 22.5 Å². The molecule has 0 amide bonds. The fraction of sp³-hybridized carbons (Fsp3) is 0.389. The summed E-state index contributed by atoms with van der Waals surface area (Å²) in [6, 6.07) is 1.73. The van der Waals surface area contributed by atoms with Crippen molar-refractivity contribution in [3.05, 3.63) is 41.5 Å². The number of aromatic carboxylic acids is 1. The fourth-order valence-electron chi connectivity index (χ4n) is 2.86. The molecule has 0 saturated heterocycles. The smallest absolute Gasteiger partial charge is 0.478 e. The molecule has 0 unspecified atom stereocenters. The number of rotatable bonds is 5. The Kier molecular flexibility index (Phi) is 7.35. The fourth-order valence-corrected chi connectivity index (χ4v) is 2.86. The van der Waals surface area contributed by atoms with E-state index in [1.807, 2.05) is 0 Å². The normalized spacial score (nSPS) is 13.9. The number of carboxylic acid groups (broad SMARTS) is 2. The Balaban J connectivity index is 0.000000370. The number of pyridine rings is 1. The highest BCUT2D eigenvalue weighted by molar-refractivity contribution is 5.96. The average molecular weight is 416 g/mol. The van der Waals surface area contributed by atoms with Gasteiger partial charge in [-0.05, 0) is 23.6 Å². The molecule has 11 heteroatoms. The van der Waals surface area contributed by atoms with Gasteiger partial charge in [0, 0.05) is 38.5 Å². The molecule has 0 spiro atoms. The van der Waals surface area contributed by atoms with Crippen molar-refractivity contribution in [1.82, 2.24) is 9.88 Å². The number of aromatic nitrogens is 1. The van der Waals surface area contributed by atoms with E-state index in [0.717, 1.165) is 24.2 Å². The molecule has 0 bridgehead atoms. The van der Waals surface area contributed by atoms with Gasteiger partial charge in [-0.3, -0.25) is 9.88 Å². The number of hydrogen-bond donors (Lipinski definition) is 2. The van der Waals surface area contributed by atoms with Crippen LogP contribution in [0.25, 0.3) is 11.3 Å². The number of carbonyl (C=O) groups is 2. The maximum atomic E-state index is 11.7. The van der Waals surface area contributed by atoms with Crippen molar-refractivity contribution in [2.45, 2.75) is 19.1 Å². The molecule has 0 atom stereocenters. The summed E-state index contributed by atoms with van der Waals surface area (Å²) in [5, 5.41) is 16.7. The zero-order valence-corrected chi connectivity index (χ0v) is 15.4. The van der Waals surface area contributed by atoms with E-state index in [2.05, 4.69) is 9.88 Å². The number of hydrogen-bond acceptors (Lipinski definition) is 6. The molecular weight excluding hydrogens is 397 g/mol. The highest BCUT2D eigenvalue weighted by atomic mass is 19.4. The minimum Gasteiger partial charge on any atom is -0.478 e. The number of methoxy groups -OCH3 is 1. The molecule has 0 aliphatic carbocycles. The number of furan rings is 1. The molecule has 3 rings (SSSR count). The van der Waals surface area contributed by atoms with Crippen LogP contribution >= 0.6 is 0 Å². The Bertz CT molecular complexity index is 852. The molecule has 1 aliphatic heterocycles. The van der Waals surface area contributed by atoms with Crippen LogP contribution in [0.3, 0.4) is 0 Å². The summed E-state index contributed by atoms with van der Waals surface area (Å²) in [6.07, 6.45) is 0.445. The highest BCUT2D eigenvalue weighted by Crippen LogP contribution is 2.30. The second-order valence-electron chi connectivity index (χ2n) is 6.12. The number of fused-ring (bicyclic) bond motifs is 1. The third-order valence-corrected chi connectivity index (χ3v) is 4.21. The van der Waals surface area contributed by atoms with Gasteiger partial charge >= 0.3 is 18.1 Å². The molecule has 0 aromatic carbocycles. The largest absolute Gasteiger partial charge is 0.490 e. The van der Waals surface area contributed by atoms with E-state index in [1.54, 1.807) is 19.4 Å². The Morgan fingerprint density at radius 2 is 2.03 bits per heavy atom. The summed E-state index contributed by atoms with van der Waals surface area (Å²) in [7, 11) is 1.68. The van der Waals surface area contributed by atoms with Crippen molar-refractivity contribution in [3.8, 4) is 11.3 Å². The lowest BCUT2D eigenvalue weighted by molar-refractivity contribution is -0.192. The maximum Gasteiger partial charge on any atom is 0.490 e. The van der Waals surface area contributed by atoms with Gasteiger partial charge in [-0.25, -0.2) is 9.59 Å². The van der Waals surface area contributed by atoms with Gasteiger partial charge in [0.15, 0.2) is 0 Å². The summed E-state index contributed by atoms with van der Waals surface area (Å²) in [5.41, 5.74) is 3.33. The summed E-state index contributed by atoms with van der Waals surface area (Å²) < 4.78 is 41.9. The monoisotopic (exact) mass is 416 g/mol. The maximum absolute atomic E-state index is 11.7. The molecule has 3 heterocycles. The first-order valence-electron chi connectivity index (χ1n) is 8.43. The van der Waals surface area contributed by atoms with E-state index < -0.39 is 18.1 Å². The van der Waals surface area contributed by atoms with Gasteiger partial charge in [0.25, 0.3) is 0 Å². The second-order valence-corrected chi connectivity index (χ2v) is 6.12. The topological polar surface area (TPSA) is 113 Å². The third kappa shape index (κ3) is 5.78. The summed E-state index contributed by atoms with van der Waals surface area (Å²) in [4.78, 5) is 27.3. The van der Waals surface area contributed by atoms with Gasteiger partial charge in [0.05, 0.1) is 30.4 Å². The molecule has 158 valence electrons. The van der Waals surface area contributed by atoms with E-state index in [1.165, 1.54) is 12.5 Å². The van der Waals surface area contributed by atoms with Gasteiger partial charge in [-0.2, -0.15) is 13.2 Å². The quantitative estimate of drug-likeness (QED) is 0.765. The van der Waals surface area contributed by atoms with E-state index in [0.29, 0.717) is 36.4 Å². The van der Waals surface area contributed by atoms with Crippen LogP contribution in [0.2, 0.25) is 0 Å². The van der Waals surface area contributed by atoms with Crippen molar-refractivity contribution in [1.29, 1.82) is 0 Å². The van der Waals surface area contributed by atoms with Crippen molar-refractivity contribution in [2.75, 3.05) is 26.8 Å². The van der Waals surface area contributed by atoms with Crippen LogP contribution in [0, 0.1) is 0 Å². The van der Waals surface area contributed by atoms with E-state index >= 15 is 0 Å². The Morgan fingerprint density at radius 3 is 2.55 bits per heavy atom. The first-order valence-corrected chi connectivity index (χ1v) is 8.43. The lowest BCUT2D eigenvalue weighted by atomic mass is 9.93. The molecule has 2 aromatic rings. The van der Waals surface area contributed by atoms with Crippen LogP contribution in [0.15, 0.2) is 29.2 Å². The van der Waals surface area contributed by atoms with Crippen LogP contribution in [0.4, 0.5) is 13.2 Å². The van der Waals surface area contributed by atoms with Crippen molar-refractivity contribution in [3.63, 3.8) is 0 Å². The number of ether oxygens (including phenoxy) is 1. The SMILES string of the molecule is COCCN1CCc2c(cnc(-c3ccoc3)c2C(=O)O)C1.O=C(O)C(F)(F)F. The van der Waals surface area contributed by atoms with Gasteiger partial charge in [0.2, 0.25) is 0 Å². The van der Waals surface area contributed by atoms with Crippen LogP contribution in [-0.4, -0.2) is 65.0 Å². The zero-order chi connectivity index (χ0) is 21.6.